The van der Waals surface area contributed by atoms with E-state index in [4.69, 9.17) is 18.0 Å². The maximum atomic E-state index is 11.9. The smallest absolute Gasteiger partial charge is 0.278 e. The van der Waals surface area contributed by atoms with E-state index in [1.807, 2.05) is 0 Å². The lowest BCUT2D eigenvalue weighted by molar-refractivity contribution is -0.123. The summed E-state index contributed by atoms with van der Waals surface area (Å²) in [6, 6.07) is 0. The highest BCUT2D eigenvalue weighted by molar-refractivity contribution is 7.71. The van der Waals surface area contributed by atoms with Crippen LogP contribution in [0.5, 0.6) is 0 Å². The van der Waals surface area contributed by atoms with Crippen molar-refractivity contribution in [3.8, 4) is 0 Å². The zero-order valence-electron chi connectivity index (χ0n) is 10.1. The van der Waals surface area contributed by atoms with Gasteiger partial charge in [0.2, 0.25) is 17.8 Å². The molecule has 0 saturated carbocycles. The van der Waals surface area contributed by atoms with Crippen molar-refractivity contribution < 1.29 is 9.59 Å². The number of rotatable bonds is 2. The second kappa shape index (κ2) is 4.27. The summed E-state index contributed by atoms with van der Waals surface area (Å²) >= 11 is 4.88. The van der Waals surface area contributed by atoms with Gasteiger partial charge in [0.15, 0.2) is 10.4 Å². The van der Waals surface area contributed by atoms with Gasteiger partial charge in [-0.2, -0.15) is 4.98 Å². The first kappa shape index (κ1) is 12.5. The maximum Gasteiger partial charge on any atom is 0.278 e. The van der Waals surface area contributed by atoms with E-state index < -0.39 is 17.4 Å². The van der Waals surface area contributed by atoms with Crippen LogP contribution in [0, 0.1) is 10.7 Å². The Labute approximate surface area is 116 Å². The molecular weight excluding hydrogens is 284 g/mol. The zero-order valence-corrected chi connectivity index (χ0v) is 10.9. The van der Waals surface area contributed by atoms with Gasteiger partial charge in [-0.1, -0.05) is 0 Å². The monoisotopic (exact) mass is 294 g/mol. The Morgan fingerprint density at radius 3 is 2.75 bits per heavy atom. The Bertz CT molecular complexity index is 833. The normalized spacial score (nSPS) is 18.9. The second-order valence-corrected chi connectivity index (χ2v) is 4.91. The number of nitrogens with one attached hydrogen (secondary N) is 3. The van der Waals surface area contributed by atoms with Gasteiger partial charge in [0.1, 0.15) is 5.52 Å². The average Bonchev–Trinajstić information content (AvgIpc) is 2.92. The lowest BCUT2D eigenvalue weighted by Gasteiger charge is -2.13. The predicted octanol–water partition coefficient (Wildman–Crippen LogP) is -0.853. The highest BCUT2D eigenvalue weighted by Gasteiger charge is 2.35. The number of hydrogen-bond donors (Lipinski definition) is 4. The molecule has 2 aromatic heterocycles. The van der Waals surface area contributed by atoms with E-state index in [1.165, 1.54) is 4.90 Å². The molecule has 20 heavy (non-hydrogen) atoms. The number of imidazole rings is 1. The molecule has 1 aliphatic heterocycles. The summed E-state index contributed by atoms with van der Waals surface area (Å²) in [4.78, 5) is 48.1. The molecule has 10 heteroatoms. The molecule has 1 aliphatic rings. The van der Waals surface area contributed by atoms with Crippen molar-refractivity contribution in [1.82, 2.24) is 19.9 Å². The number of carbonyl (C=O) groups excluding carboxylic acids is 2. The Morgan fingerprint density at radius 2 is 2.10 bits per heavy atom. The van der Waals surface area contributed by atoms with Crippen molar-refractivity contribution in [3.63, 3.8) is 0 Å². The molecule has 5 N–H and O–H groups in total. The van der Waals surface area contributed by atoms with Crippen molar-refractivity contribution in [1.29, 1.82) is 0 Å². The van der Waals surface area contributed by atoms with Crippen molar-refractivity contribution in [2.75, 3.05) is 11.4 Å². The fourth-order valence-corrected chi connectivity index (χ4v) is 2.35. The van der Waals surface area contributed by atoms with Gasteiger partial charge >= 0.3 is 0 Å². The topological polar surface area (TPSA) is 141 Å². The molecule has 1 atom stereocenters. The van der Waals surface area contributed by atoms with E-state index in [1.54, 1.807) is 0 Å². The molecular formula is C10H10N6O3S. The number of fused-ring (bicyclic) bond motifs is 1. The molecule has 0 aliphatic carbocycles. The summed E-state index contributed by atoms with van der Waals surface area (Å²) in [6.07, 6.45) is 0.0141. The van der Waals surface area contributed by atoms with E-state index in [0.29, 0.717) is 0 Å². The Balaban J connectivity index is 2.07. The molecule has 9 nitrogen and oxygen atoms in total. The van der Waals surface area contributed by atoms with Gasteiger partial charge < -0.3 is 15.7 Å². The van der Waals surface area contributed by atoms with Crippen LogP contribution < -0.4 is 16.2 Å². The van der Waals surface area contributed by atoms with Gasteiger partial charge in [0.05, 0.1) is 5.92 Å². The molecule has 3 heterocycles. The minimum Gasteiger partial charge on any atom is -0.369 e. The van der Waals surface area contributed by atoms with Crippen molar-refractivity contribution in [2.45, 2.75) is 6.42 Å². The van der Waals surface area contributed by atoms with Crippen LogP contribution in [0.2, 0.25) is 0 Å². The lowest BCUT2D eigenvalue weighted by atomic mass is 10.1. The van der Waals surface area contributed by atoms with Crippen molar-refractivity contribution in [2.24, 2.45) is 11.7 Å². The molecule has 104 valence electrons. The van der Waals surface area contributed by atoms with E-state index in [0.717, 1.165) is 0 Å². The summed E-state index contributed by atoms with van der Waals surface area (Å²) in [5.41, 5.74) is 5.20. The fourth-order valence-electron chi connectivity index (χ4n) is 2.15. The SMILES string of the molecule is NC(=O)C1CC(=O)N(c2nc3[nH]c(=S)[nH]c3c(=O)[nH]2)C1. The molecule has 1 fully saturated rings. The summed E-state index contributed by atoms with van der Waals surface area (Å²) in [5.74, 6) is -1.37. The summed E-state index contributed by atoms with van der Waals surface area (Å²) < 4.78 is 0.262. The van der Waals surface area contributed by atoms with Crippen LogP contribution in [0.15, 0.2) is 4.79 Å². The number of nitrogens with two attached hydrogens (primary N) is 1. The number of primary amides is 1. The average molecular weight is 294 g/mol. The van der Waals surface area contributed by atoms with Crippen molar-refractivity contribution >= 4 is 41.1 Å². The quantitative estimate of drug-likeness (QED) is 0.534. The first-order chi connectivity index (χ1) is 9.45. The summed E-state index contributed by atoms with van der Waals surface area (Å²) in [6.45, 7) is 0.105. The molecule has 1 unspecified atom stereocenters. The number of nitrogens with zero attached hydrogens (tertiary/aromatic N) is 2. The third kappa shape index (κ3) is 1.90. The van der Waals surface area contributed by atoms with Crippen LogP contribution in [-0.4, -0.2) is 38.3 Å². The van der Waals surface area contributed by atoms with E-state index in [2.05, 4.69) is 19.9 Å². The number of hydrogen-bond acceptors (Lipinski definition) is 5. The Hall–Kier alpha value is -2.49. The van der Waals surface area contributed by atoms with Gasteiger partial charge in [0.25, 0.3) is 5.56 Å². The molecule has 0 aromatic carbocycles. The zero-order chi connectivity index (χ0) is 14.4. The van der Waals surface area contributed by atoms with E-state index >= 15 is 0 Å². The highest BCUT2D eigenvalue weighted by atomic mass is 32.1. The van der Waals surface area contributed by atoms with Crippen molar-refractivity contribution in [3.05, 3.63) is 15.1 Å². The predicted molar refractivity (Wildman–Crippen MR) is 71.6 cm³/mol. The first-order valence-corrected chi connectivity index (χ1v) is 6.18. The van der Waals surface area contributed by atoms with Crippen LogP contribution in [0.1, 0.15) is 6.42 Å². The highest BCUT2D eigenvalue weighted by Crippen LogP contribution is 2.21. The van der Waals surface area contributed by atoms with Gasteiger partial charge in [-0.15, -0.1) is 0 Å². The number of amides is 2. The van der Waals surface area contributed by atoms with E-state index in [-0.39, 0.29) is 40.8 Å². The minimum absolute atomic E-state index is 0.0141. The van der Waals surface area contributed by atoms with Gasteiger partial charge in [-0.25, -0.2) is 0 Å². The fraction of sp³-hybridized carbons (Fsp3) is 0.300. The number of aromatic amines is 3. The number of anilines is 1. The molecule has 1 saturated heterocycles. The van der Waals surface area contributed by atoms with Gasteiger partial charge in [-0.3, -0.25) is 24.3 Å². The van der Waals surface area contributed by atoms with Crippen LogP contribution in [0.3, 0.4) is 0 Å². The van der Waals surface area contributed by atoms with Crippen LogP contribution in [-0.2, 0) is 9.59 Å². The standard InChI is InChI=1S/C10H10N6O3S/c11-6(18)3-1-4(17)16(2-3)9-13-7-5(8(19)15-9)12-10(20)14-7/h3H,1-2H2,(H2,11,18)(H3,12,13,14,15,19,20). The third-order valence-corrected chi connectivity index (χ3v) is 3.36. The molecule has 2 aromatic rings. The largest absolute Gasteiger partial charge is 0.369 e. The Morgan fingerprint density at radius 1 is 1.35 bits per heavy atom. The number of aromatic nitrogens is 4. The third-order valence-electron chi connectivity index (χ3n) is 3.16. The molecule has 3 rings (SSSR count). The summed E-state index contributed by atoms with van der Waals surface area (Å²) in [7, 11) is 0. The van der Waals surface area contributed by atoms with Crippen LogP contribution in [0.4, 0.5) is 5.95 Å². The Kier molecular flexibility index (Phi) is 2.67. The molecule has 2 amide bonds. The number of carbonyl (C=O) groups is 2. The van der Waals surface area contributed by atoms with Gasteiger partial charge in [0, 0.05) is 13.0 Å². The first-order valence-electron chi connectivity index (χ1n) is 5.77. The van der Waals surface area contributed by atoms with Crippen LogP contribution >= 0.6 is 12.2 Å². The molecule has 0 spiro atoms. The van der Waals surface area contributed by atoms with Crippen LogP contribution in [0.25, 0.3) is 11.2 Å². The number of H-pyrrole nitrogens is 3. The second-order valence-electron chi connectivity index (χ2n) is 4.50. The summed E-state index contributed by atoms with van der Waals surface area (Å²) in [5, 5.41) is 0. The molecule has 0 radical (unpaired) electrons. The van der Waals surface area contributed by atoms with Gasteiger partial charge in [-0.05, 0) is 12.2 Å². The minimum atomic E-state index is -0.576. The van der Waals surface area contributed by atoms with E-state index in [9.17, 15) is 14.4 Å². The molecule has 0 bridgehead atoms. The maximum absolute atomic E-state index is 11.9. The lowest BCUT2D eigenvalue weighted by Crippen LogP contribution is -2.31.